The third-order valence-corrected chi connectivity index (χ3v) is 6.17. The summed E-state index contributed by atoms with van der Waals surface area (Å²) in [5, 5.41) is 0.970. The number of halogens is 1. The average molecular weight is 348 g/mol. The van der Waals surface area contributed by atoms with Gasteiger partial charge in [-0.05, 0) is 74.4 Å². The van der Waals surface area contributed by atoms with Crippen molar-refractivity contribution in [2.75, 3.05) is 0 Å². The van der Waals surface area contributed by atoms with Crippen LogP contribution in [0.15, 0.2) is 36.4 Å². The molecule has 1 aliphatic carbocycles. The minimum absolute atomic E-state index is 0.0419. The Balaban J connectivity index is 1.93. The zero-order chi connectivity index (χ0) is 18.4. The fourth-order valence-corrected chi connectivity index (χ4v) is 4.55. The first kappa shape index (κ1) is 17.2. The third-order valence-electron chi connectivity index (χ3n) is 6.17. The van der Waals surface area contributed by atoms with E-state index in [2.05, 4.69) is 62.7 Å². The maximum atomic E-state index is 14.7. The monoisotopic (exact) mass is 348 g/mol. The van der Waals surface area contributed by atoms with E-state index in [1.54, 1.807) is 6.07 Å². The molecule has 1 fully saturated rings. The molecule has 1 aliphatic rings. The smallest absolute Gasteiger partial charge is 0.207 e. The number of benzene rings is 2. The largest absolute Gasteiger partial charge is 0.213 e. The van der Waals surface area contributed by atoms with Crippen molar-refractivity contribution in [2.45, 2.75) is 52.4 Å². The number of pyridine rings is 1. The lowest BCUT2D eigenvalue weighted by Gasteiger charge is -2.13. The number of hydrogen-bond donors (Lipinski definition) is 0. The third kappa shape index (κ3) is 2.82. The summed E-state index contributed by atoms with van der Waals surface area (Å²) in [6, 6.07) is 12.5. The summed E-state index contributed by atoms with van der Waals surface area (Å²) in [5.41, 5.74) is 8.36. The Morgan fingerprint density at radius 1 is 0.962 bits per heavy atom. The van der Waals surface area contributed by atoms with Gasteiger partial charge in [-0.1, -0.05) is 24.5 Å². The van der Waals surface area contributed by atoms with Gasteiger partial charge in [0.15, 0.2) is 0 Å². The van der Waals surface area contributed by atoms with Gasteiger partial charge in [-0.2, -0.15) is 4.57 Å². The molecule has 3 aromatic rings. The summed E-state index contributed by atoms with van der Waals surface area (Å²) in [6.45, 7) is 6.49. The second kappa shape index (κ2) is 6.50. The van der Waals surface area contributed by atoms with Crippen molar-refractivity contribution in [3.8, 4) is 11.3 Å². The Morgan fingerprint density at radius 3 is 2.42 bits per heavy atom. The molecule has 0 bridgehead atoms. The molecule has 1 nitrogen and oxygen atoms in total. The van der Waals surface area contributed by atoms with Gasteiger partial charge in [0.2, 0.25) is 11.2 Å². The molecule has 0 spiro atoms. The van der Waals surface area contributed by atoms with E-state index in [0.717, 1.165) is 29.3 Å². The predicted molar refractivity (Wildman–Crippen MR) is 106 cm³/mol. The first-order chi connectivity index (χ1) is 12.5. The normalized spacial score (nSPS) is 15.1. The lowest BCUT2D eigenvalue weighted by atomic mass is 9.94. The summed E-state index contributed by atoms with van der Waals surface area (Å²) in [4.78, 5) is 0. The molecule has 26 heavy (non-hydrogen) atoms. The van der Waals surface area contributed by atoms with E-state index < -0.39 is 0 Å². The Labute approximate surface area is 155 Å². The van der Waals surface area contributed by atoms with E-state index in [1.165, 1.54) is 40.8 Å². The molecule has 2 heteroatoms. The van der Waals surface area contributed by atoms with Crippen LogP contribution in [-0.2, 0) is 7.05 Å². The van der Waals surface area contributed by atoms with E-state index in [9.17, 15) is 4.39 Å². The summed E-state index contributed by atoms with van der Waals surface area (Å²) < 4.78 is 16.9. The molecular weight excluding hydrogens is 321 g/mol. The van der Waals surface area contributed by atoms with Crippen LogP contribution in [0.2, 0.25) is 0 Å². The van der Waals surface area contributed by atoms with Crippen molar-refractivity contribution in [3.05, 3.63) is 64.5 Å². The highest BCUT2D eigenvalue weighted by Gasteiger charge is 2.24. The summed E-state index contributed by atoms with van der Waals surface area (Å²) >= 11 is 0. The van der Waals surface area contributed by atoms with Crippen LogP contribution in [0.4, 0.5) is 4.39 Å². The molecule has 4 rings (SSSR count). The number of hydrogen-bond acceptors (Lipinski definition) is 0. The number of aromatic nitrogens is 1. The highest BCUT2D eigenvalue weighted by atomic mass is 19.1. The van der Waals surface area contributed by atoms with Gasteiger partial charge in [0, 0.05) is 23.1 Å². The molecule has 0 radical (unpaired) electrons. The Bertz CT molecular complexity index is 997. The lowest BCUT2D eigenvalue weighted by Crippen LogP contribution is -2.32. The molecule has 1 heterocycles. The molecule has 0 saturated heterocycles. The predicted octanol–water partition coefficient (Wildman–Crippen LogP) is 6.05. The standard InChI is InChI=1S/C24H27FN/c1-15-11-16(2)17(3)20(12-15)23-10-9-19-13-22(25)21(14-24(19)26(23)4)18-7-5-6-8-18/h9-14,18H,5-8H2,1-4H3/q+1. The number of aryl methyl sites for hydroxylation is 3. The second-order valence-corrected chi connectivity index (χ2v) is 7.95. The number of fused-ring (bicyclic) bond motifs is 1. The zero-order valence-corrected chi connectivity index (χ0v) is 16.2. The van der Waals surface area contributed by atoms with E-state index >= 15 is 0 Å². The molecule has 0 N–H and O–H groups in total. The van der Waals surface area contributed by atoms with Gasteiger partial charge >= 0.3 is 0 Å². The van der Waals surface area contributed by atoms with Crippen LogP contribution in [0.1, 0.15) is 53.9 Å². The summed E-state index contributed by atoms with van der Waals surface area (Å²) in [6.07, 6.45) is 4.66. The fraction of sp³-hybridized carbons (Fsp3) is 0.375. The average Bonchev–Trinajstić information content (AvgIpc) is 3.13. The maximum Gasteiger partial charge on any atom is 0.213 e. The topological polar surface area (TPSA) is 3.88 Å². The van der Waals surface area contributed by atoms with Gasteiger partial charge in [0.25, 0.3) is 0 Å². The van der Waals surface area contributed by atoms with Crippen LogP contribution >= 0.6 is 0 Å². The molecule has 1 saturated carbocycles. The molecular formula is C24H27FN+. The highest BCUT2D eigenvalue weighted by molar-refractivity contribution is 5.79. The Morgan fingerprint density at radius 2 is 1.69 bits per heavy atom. The SMILES string of the molecule is Cc1cc(C)c(C)c(-c2ccc3cc(F)c(C4CCCC4)cc3[n+]2C)c1. The van der Waals surface area contributed by atoms with Crippen molar-refractivity contribution in [2.24, 2.45) is 7.05 Å². The molecule has 0 amide bonds. The lowest BCUT2D eigenvalue weighted by molar-refractivity contribution is -0.633. The maximum absolute atomic E-state index is 14.7. The molecule has 0 atom stereocenters. The van der Waals surface area contributed by atoms with Gasteiger partial charge in [-0.15, -0.1) is 0 Å². The number of rotatable bonds is 2. The van der Waals surface area contributed by atoms with Crippen LogP contribution in [0.3, 0.4) is 0 Å². The van der Waals surface area contributed by atoms with Crippen molar-refractivity contribution in [1.82, 2.24) is 0 Å². The minimum atomic E-state index is -0.0419. The first-order valence-electron chi connectivity index (χ1n) is 9.66. The summed E-state index contributed by atoms with van der Waals surface area (Å²) in [5.74, 6) is 0.339. The molecule has 0 aliphatic heterocycles. The van der Waals surface area contributed by atoms with Gasteiger partial charge in [0.05, 0.1) is 0 Å². The Hall–Kier alpha value is -2.22. The molecule has 134 valence electrons. The summed E-state index contributed by atoms with van der Waals surface area (Å²) in [7, 11) is 2.10. The van der Waals surface area contributed by atoms with E-state index in [1.807, 2.05) is 0 Å². The highest BCUT2D eigenvalue weighted by Crippen LogP contribution is 2.37. The van der Waals surface area contributed by atoms with E-state index in [-0.39, 0.29) is 5.82 Å². The van der Waals surface area contributed by atoms with Gasteiger partial charge < -0.3 is 0 Å². The van der Waals surface area contributed by atoms with Crippen LogP contribution in [-0.4, -0.2) is 0 Å². The van der Waals surface area contributed by atoms with Crippen LogP contribution in [0, 0.1) is 26.6 Å². The molecule has 2 aromatic carbocycles. The van der Waals surface area contributed by atoms with Gasteiger partial charge in [-0.25, -0.2) is 4.39 Å². The van der Waals surface area contributed by atoms with Gasteiger partial charge in [0.1, 0.15) is 12.9 Å². The first-order valence-corrected chi connectivity index (χ1v) is 9.66. The van der Waals surface area contributed by atoms with Crippen molar-refractivity contribution in [1.29, 1.82) is 0 Å². The fourth-order valence-electron chi connectivity index (χ4n) is 4.55. The quantitative estimate of drug-likeness (QED) is 0.496. The van der Waals surface area contributed by atoms with Crippen LogP contribution < -0.4 is 4.57 Å². The molecule has 1 aromatic heterocycles. The zero-order valence-electron chi connectivity index (χ0n) is 16.2. The minimum Gasteiger partial charge on any atom is -0.207 e. The van der Waals surface area contributed by atoms with Crippen LogP contribution in [0.25, 0.3) is 22.2 Å². The van der Waals surface area contributed by atoms with Crippen LogP contribution in [0.5, 0.6) is 0 Å². The van der Waals surface area contributed by atoms with Crippen molar-refractivity contribution >= 4 is 10.9 Å². The second-order valence-electron chi connectivity index (χ2n) is 7.95. The van der Waals surface area contributed by atoms with Crippen molar-refractivity contribution < 1.29 is 8.96 Å². The Kier molecular flexibility index (Phi) is 4.30. The van der Waals surface area contributed by atoms with E-state index in [0.29, 0.717) is 5.92 Å². The molecule has 0 unspecified atom stereocenters. The number of nitrogens with zero attached hydrogens (tertiary/aromatic N) is 1. The van der Waals surface area contributed by atoms with E-state index in [4.69, 9.17) is 0 Å². The van der Waals surface area contributed by atoms with Gasteiger partial charge in [-0.3, -0.25) is 0 Å². The van der Waals surface area contributed by atoms with Crippen molar-refractivity contribution in [3.63, 3.8) is 0 Å².